The minimum atomic E-state index is -4.61. The lowest BCUT2D eigenvalue weighted by Crippen LogP contribution is -2.60. The van der Waals surface area contributed by atoms with Crippen molar-refractivity contribution < 1.29 is 56.8 Å². The van der Waals surface area contributed by atoms with Gasteiger partial charge in [0.05, 0.1) is 6.61 Å². The molecule has 0 bridgehead atoms. The second-order valence-corrected chi connectivity index (χ2v) is 19.3. The number of hydrogen-bond acceptors (Lipinski definition) is 11. The van der Waals surface area contributed by atoms with E-state index in [9.17, 15) is 37.9 Å². The van der Waals surface area contributed by atoms with Crippen LogP contribution in [0.2, 0.25) is 0 Å². The first-order valence-electron chi connectivity index (χ1n) is 26.0. The highest BCUT2D eigenvalue weighted by atomic mass is 32.2. The molecule has 0 spiro atoms. The van der Waals surface area contributed by atoms with Gasteiger partial charge in [-0.15, -0.1) is 0 Å². The largest absolute Gasteiger partial charge is 0.462 e. The van der Waals surface area contributed by atoms with E-state index in [-0.39, 0.29) is 19.4 Å². The summed E-state index contributed by atoms with van der Waals surface area (Å²) in [7, 11) is -4.61. The molecule has 12 nitrogen and oxygen atoms in total. The van der Waals surface area contributed by atoms with Crippen LogP contribution in [-0.2, 0) is 38.7 Å². The molecular formula is C54H92O12S. The zero-order valence-electron chi connectivity index (χ0n) is 41.5. The molecule has 0 aromatic heterocycles. The summed E-state index contributed by atoms with van der Waals surface area (Å²) < 4.78 is 54.3. The van der Waals surface area contributed by atoms with Crippen molar-refractivity contribution in [3.8, 4) is 0 Å². The smallest absolute Gasteiger partial charge is 0.306 e. The molecule has 6 atom stereocenters. The SMILES string of the molecule is CC/C=C\C/C=C\C/C=C\C/C=C\CCCCCCCCCCC(=O)OC(COC(=O)CCCCCCCCC/C=C\C/C=C\CCCCCC)COC1OC(CS(=O)(=O)O)C(O)C(O)C1O. The van der Waals surface area contributed by atoms with E-state index >= 15 is 0 Å². The van der Waals surface area contributed by atoms with Crippen LogP contribution in [0.15, 0.2) is 72.9 Å². The Morgan fingerprint density at radius 3 is 1.40 bits per heavy atom. The van der Waals surface area contributed by atoms with E-state index in [0.29, 0.717) is 12.8 Å². The zero-order valence-corrected chi connectivity index (χ0v) is 42.3. The third kappa shape index (κ3) is 37.6. The number of aliphatic hydroxyl groups is 3. The second kappa shape index (κ2) is 43.1. The molecule has 4 N–H and O–H groups in total. The van der Waals surface area contributed by atoms with Gasteiger partial charge in [-0.25, -0.2) is 0 Å². The topological polar surface area (TPSA) is 186 Å². The van der Waals surface area contributed by atoms with Crippen molar-refractivity contribution in [1.82, 2.24) is 0 Å². The fraction of sp³-hybridized carbons (Fsp3) is 0.741. The molecule has 6 unspecified atom stereocenters. The molecule has 0 aromatic rings. The molecule has 386 valence electrons. The molecule has 67 heavy (non-hydrogen) atoms. The van der Waals surface area contributed by atoms with Gasteiger partial charge in [0.2, 0.25) is 0 Å². The Morgan fingerprint density at radius 1 is 0.522 bits per heavy atom. The number of ether oxygens (including phenoxy) is 4. The number of rotatable bonds is 43. The Labute approximate surface area is 406 Å². The monoisotopic (exact) mass is 965 g/mol. The van der Waals surface area contributed by atoms with E-state index in [1.54, 1.807) is 0 Å². The Balaban J connectivity index is 2.39. The first-order chi connectivity index (χ1) is 32.5. The van der Waals surface area contributed by atoms with Gasteiger partial charge in [0.25, 0.3) is 10.1 Å². The van der Waals surface area contributed by atoms with Crippen LogP contribution < -0.4 is 0 Å². The van der Waals surface area contributed by atoms with Gasteiger partial charge in [-0.1, -0.05) is 177 Å². The van der Waals surface area contributed by atoms with Crippen molar-refractivity contribution in [1.29, 1.82) is 0 Å². The number of aliphatic hydroxyl groups excluding tert-OH is 3. The van der Waals surface area contributed by atoms with Crippen molar-refractivity contribution in [3.63, 3.8) is 0 Å². The lowest BCUT2D eigenvalue weighted by atomic mass is 10.00. The highest BCUT2D eigenvalue weighted by molar-refractivity contribution is 7.85. The molecule has 0 saturated carbocycles. The molecular weight excluding hydrogens is 873 g/mol. The van der Waals surface area contributed by atoms with E-state index in [1.807, 2.05) is 0 Å². The third-order valence-electron chi connectivity index (χ3n) is 11.5. The number of carbonyl (C=O) groups excluding carboxylic acids is 2. The molecule has 0 aromatic carbocycles. The van der Waals surface area contributed by atoms with Gasteiger partial charge in [-0.2, -0.15) is 8.42 Å². The van der Waals surface area contributed by atoms with Crippen molar-refractivity contribution in [3.05, 3.63) is 72.9 Å². The predicted molar refractivity (Wildman–Crippen MR) is 270 cm³/mol. The molecule has 0 radical (unpaired) electrons. The maximum Gasteiger partial charge on any atom is 0.306 e. The quantitative estimate of drug-likeness (QED) is 0.0196. The van der Waals surface area contributed by atoms with Crippen LogP contribution in [0, 0.1) is 0 Å². The van der Waals surface area contributed by atoms with E-state index in [2.05, 4.69) is 86.8 Å². The molecule has 1 rings (SSSR count). The number of hydrogen-bond donors (Lipinski definition) is 4. The van der Waals surface area contributed by atoms with Gasteiger partial charge in [0.1, 0.15) is 36.8 Å². The number of esters is 2. The predicted octanol–water partition coefficient (Wildman–Crippen LogP) is 11.8. The number of allylic oxidation sites excluding steroid dienone is 12. The Morgan fingerprint density at radius 2 is 0.940 bits per heavy atom. The fourth-order valence-electron chi connectivity index (χ4n) is 7.52. The van der Waals surface area contributed by atoms with Crippen LogP contribution in [0.3, 0.4) is 0 Å². The lowest BCUT2D eigenvalue weighted by molar-refractivity contribution is -0.297. The van der Waals surface area contributed by atoms with Crippen molar-refractivity contribution in [2.24, 2.45) is 0 Å². The highest BCUT2D eigenvalue weighted by Gasteiger charge is 2.46. The molecule has 0 aliphatic carbocycles. The lowest BCUT2D eigenvalue weighted by Gasteiger charge is -2.40. The number of unbranched alkanes of at least 4 members (excludes halogenated alkanes) is 19. The first-order valence-corrected chi connectivity index (χ1v) is 27.6. The minimum Gasteiger partial charge on any atom is -0.462 e. The van der Waals surface area contributed by atoms with Crippen LogP contribution in [-0.4, -0.2) is 96.0 Å². The van der Waals surface area contributed by atoms with E-state index in [0.717, 1.165) is 96.3 Å². The Bertz CT molecular complexity index is 1500. The van der Waals surface area contributed by atoms with Crippen molar-refractivity contribution in [2.75, 3.05) is 19.0 Å². The molecule has 1 heterocycles. The van der Waals surface area contributed by atoms with E-state index < -0.39 is 71.2 Å². The van der Waals surface area contributed by atoms with Crippen LogP contribution >= 0.6 is 0 Å². The summed E-state index contributed by atoms with van der Waals surface area (Å²) in [6, 6.07) is 0. The standard InChI is InChI=1S/C54H92O12S/c1-3-5-7-9-11-13-15-17-19-21-23-24-25-27-29-31-33-35-37-39-41-43-50(56)65-47(45-64-54-53(59)52(58)51(57)48(66-54)46-67(60,61)62)44-63-49(55)42-40-38-36-34-32-30-28-26-22-20-18-16-14-12-10-8-6-4-2/h5,7,11,13-14,16-17,19-20,22-24,47-48,51-54,57-59H,3-4,6,8-10,12,15,18,21,25-46H2,1-2H3,(H,60,61,62)/b7-5-,13-11-,16-14-,19-17-,22-20-,24-23-. The molecule has 1 aliphatic rings. The average Bonchev–Trinajstić information content (AvgIpc) is 3.30. The van der Waals surface area contributed by atoms with Crippen LogP contribution in [0.25, 0.3) is 0 Å². The average molecular weight is 965 g/mol. The number of carbonyl (C=O) groups is 2. The highest BCUT2D eigenvalue weighted by Crippen LogP contribution is 2.24. The van der Waals surface area contributed by atoms with Gasteiger partial charge < -0.3 is 34.3 Å². The summed E-state index contributed by atoms with van der Waals surface area (Å²) in [4.78, 5) is 25.5. The van der Waals surface area contributed by atoms with E-state index in [1.165, 1.54) is 64.2 Å². The van der Waals surface area contributed by atoms with Gasteiger partial charge >= 0.3 is 11.9 Å². The van der Waals surface area contributed by atoms with E-state index in [4.69, 9.17) is 18.9 Å². The van der Waals surface area contributed by atoms with Gasteiger partial charge in [0.15, 0.2) is 12.4 Å². The summed E-state index contributed by atoms with van der Waals surface area (Å²) in [6.45, 7) is 3.63. The van der Waals surface area contributed by atoms with Crippen LogP contribution in [0.1, 0.15) is 200 Å². The van der Waals surface area contributed by atoms with Gasteiger partial charge in [-0.3, -0.25) is 14.1 Å². The summed E-state index contributed by atoms with van der Waals surface area (Å²) in [5.74, 6) is -2.01. The molecule has 0 amide bonds. The third-order valence-corrected chi connectivity index (χ3v) is 12.3. The summed E-state index contributed by atoms with van der Waals surface area (Å²) in [5.41, 5.74) is 0. The Kier molecular flexibility index (Phi) is 40.0. The molecule has 1 saturated heterocycles. The Hall–Kier alpha value is -2.91. The summed E-state index contributed by atoms with van der Waals surface area (Å²) in [6.07, 6.45) is 46.4. The van der Waals surface area contributed by atoms with Gasteiger partial charge in [-0.05, 0) is 83.5 Å². The van der Waals surface area contributed by atoms with Crippen molar-refractivity contribution in [2.45, 2.75) is 237 Å². The zero-order chi connectivity index (χ0) is 49.1. The molecule has 1 fully saturated rings. The fourth-order valence-corrected chi connectivity index (χ4v) is 8.21. The first kappa shape index (κ1) is 62.1. The van der Waals surface area contributed by atoms with Crippen LogP contribution in [0.4, 0.5) is 0 Å². The maximum atomic E-state index is 12.9. The minimum absolute atomic E-state index is 0.150. The van der Waals surface area contributed by atoms with Gasteiger partial charge in [0, 0.05) is 12.8 Å². The maximum absolute atomic E-state index is 12.9. The summed E-state index contributed by atoms with van der Waals surface area (Å²) >= 11 is 0. The molecule has 13 heteroatoms. The second-order valence-electron chi connectivity index (χ2n) is 17.8. The van der Waals surface area contributed by atoms with Crippen molar-refractivity contribution >= 4 is 22.1 Å². The van der Waals surface area contributed by atoms with Crippen LogP contribution in [0.5, 0.6) is 0 Å². The normalized spacial score (nSPS) is 19.9. The summed E-state index contributed by atoms with van der Waals surface area (Å²) in [5, 5.41) is 31.0. The molecule has 1 aliphatic heterocycles.